The predicted molar refractivity (Wildman–Crippen MR) is 100 cm³/mol. The number of aldehydes is 1. The number of ether oxygens (including phenoxy) is 2. The first kappa shape index (κ1) is 24.0. The van der Waals surface area contributed by atoms with Gasteiger partial charge in [-0.2, -0.15) is 0 Å². The highest BCUT2D eigenvalue weighted by Gasteiger charge is 2.24. The van der Waals surface area contributed by atoms with Gasteiger partial charge in [0.15, 0.2) is 17.7 Å². The number of rotatable bonds is 4. The van der Waals surface area contributed by atoms with Gasteiger partial charge in [-0.25, -0.2) is 28.3 Å². The molecule has 2 heterocycles. The first-order valence-corrected chi connectivity index (χ1v) is 8.14. The molecule has 2 aromatic rings. The lowest BCUT2D eigenvalue weighted by molar-refractivity contribution is 0.0578. The Labute approximate surface area is 172 Å². The number of nitrogen functional groups attached to an aromatic ring is 2. The van der Waals surface area contributed by atoms with Crippen molar-refractivity contribution in [1.29, 1.82) is 0 Å². The number of aromatic nitrogens is 2. The number of hydrogen-bond acceptors (Lipinski definition) is 9. The van der Waals surface area contributed by atoms with Crippen LogP contribution >= 0.6 is 23.2 Å². The van der Waals surface area contributed by atoms with Crippen molar-refractivity contribution >= 4 is 52.8 Å². The second kappa shape index (κ2) is 10.5. The Morgan fingerprint density at radius 1 is 1.00 bits per heavy atom. The molecule has 0 unspecified atom stereocenters. The zero-order chi connectivity index (χ0) is 22.3. The summed E-state index contributed by atoms with van der Waals surface area (Å²) in [6.07, 6.45) is -2.48. The van der Waals surface area contributed by atoms with Crippen LogP contribution in [0.4, 0.5) is 20.2 Å². The van der Waals surface area contributed by atoms with Crippen molar-refractivity contribution in [2.75, 3.05) is 25.7 Å². The van der Waals surface area contributed by atoms with Gasteiger partial charge in [0.2, 0.25) is 0 Å². The summed E-state index contributed by atoms with van der Waals surface area (Å²) in [6, 6.07) is 2.34. The fourth-order valence-corrected chi connectivity index (χ4v) is 2.35. The molecular formula is C16H14Cl2F2N4O5. The van der Waals surface area contributed by atoms with Gasteiger partial charge >= 0.3 is 11.9 Å². The molecule has 2 rings (SSSR count). The van der Waals surface area contributed by atoms with Crippen LogP contribution in [0.3, 0.4) is 0 Å². The quantitative estimate of drug-likeness (QED) is 0.407. The number of esters is 2. The number of alkyl halides is 2. The van der Waals surface area contributed by atoms with E-state index in [0.717, 1.165) is 13.2 Å². The number of halogens is 4. The van der Waals surface area contributed by atoms with E-state index in [-0.39, 0.29) is 32.9 Å². The second-order valence-electron chi connectivity index (χ2n) is 4.99. The van der Waals surface area contributed by atoms with Gasteiger partial charge in [-0.3, -0.25) is 4.79 Å². The van der Waals surface area contributed by atoms with Crippen LogP contribution in [0.2, 0.25) is 10.3 Å². The highest BCUT2D eigenvalue weighted by atomic mass is 35.5. The zero-order valence-corrected chi connectivity index (χ0v) is 16.4. The fraction of sp³-hybridized carbons (Fsp3) is 0.188. The molecule has 0 aliphatic heterocycles. The summed E-state index contributed by atoms with van der Waals surface area (Å²) in [5, 5.41) is -0.106. The Hall–Kier alpha value is -3.05. The van der Waals surface area contributed by atoms with Gasteiger partial charge in [0.1, 0.15) is 10.3 Å². The number of anilines is 2. The Morgan fingerprint density at radius 3 is 1.90 bits per heavy atom. The van der Waals surface area contributed by atoms with E-state index in [4.69, 9.17) is 34.7 Å². The van der Waals surface area contributed by atoms with Gasteiger partial charge in [-0.15, -0.1) is 0 Å². The normalized spacial score (nSPS) is 10.0. The molecule has 13 heteroatoms. The fourth-order valence-electron chi connectivity index (χ4n) is 1.94. The molecule has 0 aromatic carbocycles. The topological polar surface area (TPSA) is 147 Å². The van der Waals surface area contributed by atoms with E-state index in [1.54, 1.807) is 0 Å². The first-order valence-electron chi connectivity index (χ1n) is 7.39. The predicted octanol–water partition coefficient (Wildman–Crippen LogP) is 2.96. The summed E-state index contributed by atoms with van der Waals surface area (Å²) in [5.74, 6) is -1.75. The van der Waals surface area contributed by atoms with E-state index < -0.39 is 29.6 Å². The lowest BCUT2D eigenvalue weighted by Crippen LogP contribution is -2.11. The van der Waals surface area contributed by atoms with Gasteiger partial charge in [0.05, 0.1) is 25.3 Å². The molecule has 9 nitrogen and oxygen atoms in total. The minimum Gasteiger partial charge on any atom is -0.464 e. The summed E-state index contributed by atoms with van der Waals surface area (Å²) in [5.41, 5.74) is 9.17. The summed E-state index contributed by atoms with van der Waals surface area (Å²) < 4.78 is 33.8. The van der Waals surface area contributed by atoms with E-state index in [0.29, 0.717) is 6.29 Å². The molecule has 0 amide bonds. The lowest BCUT2D eigenvalue weighted by Gasteiger charge is -2.09. The van der Waals surface area contributed by atoms with Crippen molar-refractivity contribution < 1.29 is 32.6 Å². The Kier molecular flexibility index (Phi) is 8.67. The molecule has 29 heavy (non-hydrogen) atoms. The van der Waals surface area contributed by atoms with Crippen molar-refractivity contribution in [3.8, 4) is 0 Å². The number of pyridine rings is 2. The average molecular weight is 451 g/mol. The highest BCUT2D eigenvalue weighted by molar-refractivity contribution is 6.30. The van der Waals surface area contributed by atoms with Crippen molar-refractivity contribution in [3.63, 3.8) is 0 Å². The summed E-state index contributed by atoms with van der Waals surface area (Å²) in [4.78, 5) is 40.0. The molecule has 0 spiro atoms. The van der Waals surface area contributed by atoms with Crippen molar-refractivity contribution in [1.82, 2.24) is 9.97 Å². The molecule has 0 bridgehead atoms. The van der Waals surface area contributed by atoms with Crippen LogP contribution in [-0.4, -0.2) is 42.4 Å². The van der Waals surface area contributed by atoms with Crippen LogP contribution in [0, 0.1) is 0 Å². The van der Waals surface area contributed by atoms with Gasteiger partial charge < -0.3 is 20.9 Å². The number of nitrogens with zero attached hydrogens (tertiary/aromatic N) is 2. The van der Waals surface area contributed by atoms with Crippen LogP contribution in [0.15, 0.2) is 12.1 Å². The maximum absolute atomic E-state index is 12.5. The lowest BCUT2D eigenvalue weighted by atomic mass is 10.1. The molecule has 2 aromatic heterocycles. The van der Waals surface area contributed by atoms with E-state index in [1.165, 1.54) is 13.2 Å². The highest BCUT2D eigenvalue weighted by Crippen LogP contribution is 2.29. The largest absolute Gasteiger partial charge is 0.464 e. The van der Waals surface area contributed by atoms with E-state index in [9.17, 15) is 23.2 Å². The van der Waals surface area contributed by atoms with E-state index >= 15 is 0 Å². The van der Waals surface area contributed by atoms with Crippen LogP contribution in [0.25, 0.3) is 0 Å². The number of carbonyl (C=O) groups is 3. The average Bonchev–Trinajstić information content (AvgIpc) is 2.65. The SMILES string of the molecule is COC(=O)c1nc(Cl)cc(N)c1C(F)F.COC(=O)c1nc(Cl)cc(N)c1C=O. The van der Waals surface area contributed by atoms with Gasteiger partial charge in [-0.1, -0.05) is 23.2 Å². The molecule has 4 N–H and O–H groups in total. The minimum absolute atomic E-state index is 0.0127. The maximum atomic E-state index is 12.5. The zero-order valence-electron chi connectivity index (χ0n) is 14.9. The monoisotopic (exact) mass is 450 g/mol. The van der Waals surface area contributed by atoms with Crippen LogP contribution < -0.4 is 11.5 Å². The Morgan fingerprint density at radius 2 is 1.45 bits per heavy atom. The molecular weight excluding hydrogens is 437 g/mol. The summed E-state index contributed by atoms with van der Waals surface area (Å²) in [6.45, 7) is 0. The third-order valence-electron chi connectivity index (χ3n) is 3.21. The van der Waals surface area contributed by atoms with Crippen LogP contribution in [-0.2, 0) is 9.47 Å². The van der Waals surface area contributed by atoms with Crippen LogP contribution in [0.1, 0.15) is 43.3 Å². The molecule has 0 radical (unpaired) electrons. The van der Waals surface area contributed by atoms with Gasteiger partial charge in [0, 0.05) is 11.4 Å². The van der Waals surface area contributed by atoms with Crippen molar-refractivity contribution in [2.24, 2.45) is 0 Å². The number of carbonyl (C=O) groups excluding carboxylic acids is 3. The molecule has 0 saturated heterocycles. The first-order chi connectivity index (χ1) is 13.6. The minimum atomic E-state index is -2.91. The summed E-state index contributed by atoms with van der Waals surface area (Å²) >= 11 is 11.0. The third-order valence-corrected chi connectivity index (χ3v) is 3.60. The van der Waals surface area contributed by atoms with Gasteiger partial charge in [-0.05, 0) is 12.1 Å². The number of nitrogens with two attached hydrogens (primary N) is 2. The number of hydrogen-bond donors (Lipinski definition) is 2. The molecule has 0 fully saturated rings. The second-order valence-corrected chi connectivity index (χ2v) is 5.77. The van der Waals surface area contributed by atoms with E-state index in [1.807, 2.05) is 0 Å². The van der Waals surface area contributed by atoms with Gasteiger partial charge in [0.25, 0.3) is 6.43 Å². The molecule has 0 aliphatic rings. The van der Waals surface area contributed by atoms with E-state index in [2.05, 4.69) is 19.4 Å². The standard InChI is InChI=1S/C8H7ClF2N2O2.C8H7ClN2O3/c1-15-8(14)6-5(7(10)11)3(12)2-4(9)13-6;1-14-8(13)7-4(3-12)5(10)2-6(9)11-7/h2,7H,1H3,(H2,12,13);2-3H,1H3,(H2,10,11). The Balaban J connectivity index is 0.000000291. The smallest absolute Gasteiger partial charge is 0.357 e. The van der Waals surface area contributed by atoms with Crippen molar-refractivity contribution in [2.45, 2.75) is 6.43 Å². The number of methoxy groups -OCH3 is 2. The van der Waals surface area contributed by atoms with Crippen LogP contribution in [0.5, 0.6) is 0 Å². The Bertz CT molecular complexity index is 944. The maximum Gasteiger partial charge on any atom is 0.357 e. The molecule has 0 saturated carbocycles. The molecule has 0 atom stereocenters. The third kappa shape index (κ3) is 5.96. The molecule has 156 valence electrons. The molecule has 0 aliphatic carbocycles. The van der Waals surface area contributed by atoms with Crippen molar-refractivity contribution in [3.05, 3.63) is 45.0 Å². The summed E-state index contributed by atoms with van der Waals surface area (Å²) in [7, 11) is 2.23.